The van der Waals surface area contributed by atoms with Crippen molar-refractivity contribution in [3.8, 4) is 5.75 Å². The minimum absolute atomic E-state index is 0.352. The predicted octanol–water partition coefficient (Wildman–Crippen LogP) is 1.81. The number of phenolic OH excluding ortho intramolecular Hbond substituents is 1. The summed E-state index contributed by atoms with van der Waals surface area (Å²) in [5.41, 5.74) is 1.31. The molecule has 0 aromatic heterocycles. The van der Waals surface area contributed by atoms with Crippen LogP contribution in [0.1, 0.15) is 25.3 Å². The maximum absolute atomic E-state index is 8.98. The lowest BCUT2D eigenvalue weighted by Gasteiger charge is -1.98. The highest BCUT2D eigenvalue weighted by Gasteiger charge is 2.00. The number of aryl methyl sites for hydroxylation is 1. The fraction of sp³-hybridized carbons (Fsp3) is 0.400. The lowest BCUT2D eigenvalue weighted by molar-refractivity contribution is 0.275. The molecule has 0 aliphatic rings. The SMILES string of the molecule is CCCCc1ccc(O)cc1.O=P(O)(O)O. The van der Waals surface area contributed by atoms with Crippen LogP contribution in [0.4, 0.5) is 0 Å². The van der Waals surface area contributed by atoms with Gasteiger partial charge in [0.25, 0.3) is 0 Å². The Balaban J connectivity index is 0.000000385. The van der Waals surface area contributed by atoms with Gasteiger partial charge in [-0.3, -0.25) is 0 Å². The smallest absolute Gasteiger partial charge is 0.466 e. The third-order valence-electron chi connectivity index (χ3n) is 1.76. The first kappa shape index (κ1) is 15.1. The van der Waals surface area contributed by atoms with Crippen LogP contribution in [0.25, 0.3) is 0 Å². The molecule has 0 spiro atoms. The fourth-order valence-electron chi connectivity index (χ4n) is 1.04. The number of phenols is 1. The Bertz CT molecular complexity index is 321. The van der Waals surface area contributed by atoms with Gasteiger partial charge >= 0.3 is 7.82 Å². The van der Waals surface area contributed by atoms with Gasteiger partial charge in [-0.2, -0.15) is 0 Å². The van der Waals surface area contributed by atoms with Gasteiger partial charge in [0.1, 0.15) is 5.75 Å². The highest BCUT2D eigenvalue weighted by atomic mass is 31.2. The highest BCUT2D eigenvalue weighted by Crippen LogP contribution is 2.25. The maximum Gasteiger partial charge on any atom is 0.466 e. The predicted molar refractivity (Wildman–Crippen MR) is 61.0 cm³/mol. The van der Waals surface area contributed by atoms with Crippen LogP contribution in [0.5, 0.6) is 5.75 Å². The summed E-state index contributed by atoms with van der Waals surface area (Å²) in [5, 5.41) is 8.98. The van der Waals surface area contributed by atoms with E-state index in [0.717, 1.165) is 6.42 Å². The van der Waals surface area contributed by atoms with Crippen molar-refractivity contribution in [2.24, 2.45) is 0 Å². The van der Waals surface area contributed by atoms with E-state index in [0.29, 0.717) is 5.75 Å². The van der Waals surface area contributed by atoms with Gasteiger partial charge < -0.3 is 19.8 Å². The average Bonchev–Trinajstić information content (AvgIpc) is 2.14. The standard InChI is InChI=1S/C10H14O.H3O4P/c1-2-3-4-9-5-7-10(11)8-6-9;1-5(2,3)4/h5-8,11H,2-4H2,1H3;(H3,1,2,3,4). The fourth-order valence-corrected chi connectivity index (χ4v) is 1.04. The van der Waals surface area contributed by atoms with Crippen molar-refractivity contribution >= 4 is 7.82 Å². The number of unbranched alkanes of at least 4 members (excludes halogenated alkanes) is 1. The van der Waals surface area contributed by atoms with Crippen LogP contribution in [0.2, 0.25) is 0 Å². The first-order valence-corrected chi connectivity index (χ1v) is 6.45. The number of hydrogen-bond donors (Lipinski definition) is 4. The van der Waals surface area contributed by atoms with Gasteiger partial charge in [0.2, 0.25) is 0 Å². The van der Waals surface area contributed by atoms with E-state index in [2.05, 4.69) is 6.92 Å². The maximum atomic E-state index is 8.98. The molecule has 1 aromatic carbocycles. The van der Waals surface area contributed by atoms with Gasteiger partial charge in [0, 0.05) is 0 Å². The summed E-state index contributed by atoms with van der Waals surface area (Å²) >= 11 is 0. The van der Waals surface area contributed by atoms with Gasteiger partial charge in [0.15, 0.2) is 0 Å². The Labute approximate surface area is 94.6 Å². The average molecular weight is 248 g/mol. The van der Waals surface area contributed by atoms with Crippen molar-refractivity contribution in [3.63, 3.8) is 0 Å². The molecule has 0 aliphatic heterocycles. The summed E-state index contributed by atoms with van der Waals surface area (Å²) in [7, 11) is -4.64. The number of phosphoric acid groups is 1. The molecule has 0 aliphatic carbocycles. The van der Waals surface area contributed by atoms with Crippen LogP contribution >= 0.6 is 7.82 Å². The molecule has 0 saturated carbocycles. The topological polar surface area (TPSA) is 98.0 Å². The first-order chi connectivity index (χ1) is 7.33. The molecule has 1 aromatic rings. The van der Waals surface area contributed by atoms with E-state index >= 15 is 0 Å². The summed E-state index contributed by atoms with van der Waals surface area (Å²) in [4.78, 5) is 21.6. The van der Waals surface area contributed by atoms with Crippen LogP contribution in [-0.4, -0.2) is 19.8 Å². The van der Waals surface area contributed by atoms with Crippen molar-refractivity contribution in [1.29, 1.82) is 0 Å². The molecule has 0 heterocycles. The molecule has 92 valence electrons. The zero-order valence-electron chi connectivity index (χ0n) is 9.08. The summed E-state index contributed by atoms with van der Waals surface area (Å²) in [6.07, 6.45) is 3.57. The quantitative estimate of drug-likeness (QED) is 0.611. The molecule has 6 heteroatoms. The van der Waals surface area contributed by atoms with Gasteiger partial charge in [-0.25, -0.2) is 4.57 Å². The Morgan fingerprint density at radius 2 is 1.56 bits per heavy atom. The van der Waals surface area contributed by atoms with Crippen LogP contribution in [0, 0.1) is 0 Å². The number of rotatable bonds is 3. The monoisotopic (exact) mass is 248 g/mol. The summed E-state index contributed by atoms with van der Waals surface area (Å²) in [6, 6.07) is 7.44. The van der Waals surface area contributed by atoms with Crippen LogP contribution < -0.4 is 0 Å². The zero-order chi connectivity index (χ0) is 12.6. The number of benzene rings is 1. The van der Waals surface area contributed by atoms with Crippen LogP contribution in [-0.2, 0) is 11.0 Å². The van der Waals surface area contributed by atoms with E-state index in [1.165, 1.54) is 18.4 Å². The minimum atomic E-state index is -4.64. The van der Waals surface area contributed by atoms with Crippen molar-refractivity contribution in [2.75, 3.05) is 0 Å². The molecule has 0 bridgehead atoms. The Morgan fingerprint density at radius 3 is 1.94 bits per heavy atom. The summed E-state index contributed by atoms with van der Waals surface area (Å²) < 4.78 is 8.88. The highest BCUT2D eigenvalue weighted by molar-refractivity contribution is 7.45. The van der Waals surface area contributed by atoms with Crippen molar-refractivity contribution in [1.82, 2.24) is 0 Å². The molecule has 5 nitrogen and oxygen atoms in total. The second-order valence-corrected chi connectivity index (χ2v) is 4.31. The van der Waals surface area contributed by atoms with Crippen molar-refractivity contribution < 1.29 is 24.4 Å². The lowest BCUT2D eigenvalue weighted by Crippen LogP contribution is -1.82. The minimum Gasteiger partial charge on any atom is -0.508 e. The molecule has 4 N–H and O–H groups in total. The number of aromatic hydroxyl groups is 1. The normalized spacial score (nSPS) is 10.5. The molecule has 0 radical (unpaired) electrons. The number of hydrogen-bond acceptors (Lipinski definition) is 2. The first-order valence-electron chi connectivity index (χ1n) is 4.89. The molecular weight excluding hydrogens is 231 g/mol. The van der Waals surface area contributed by atoms with E-state index in [4.69, 9.17) is 24.4 Å². The van der Waals surface area contributed by atoms with Crippen LogP contribution in [0.3, 0.4) is 0 Å². The van der Waals surface area contributed by atoms with Gasteiger partial charge in [-0.15, -0.1) is 0 Å². The molecule has 0 unspecified atom stereocenters. The summed E-state index contributed by atoms with van der Waals surface area (Å²) in [5.74, 6) is 0.352. The molecule has 0 amide bonds. The van der Waals surface area contributed by atoms with E-state index < -0.39 is 7.82 Å². The molecule has 16 heavy (non-hydrogen) atoms. The second kappa shape index (κ2) is 7.41. The van der Waals surface area contributed by atoms with E-state index in [-0.39, 0.29) is 0 Å². The van der Waals surface area contributed by atoms with Crippen molar-refractivity contribution in [3.05, 3.63) is 29.8 Å². The lowest BCUT2D eigenvalue weighted by atomic mass is 10.1. The van der Waals surface area contributed by atoms with Crippen molar-refractivity contribution in [2.45, 2.75) is 26.2 Å². The molecular formula is C10H17O5P. The van der Waals surface area contributed by atoms with E-state index in [9.17, 15) is 0 Å². The third-order valence-corrected chi connectivity index (χ3v) is 1.76. The summed E-state index contributed by atoms with van der Waals surface area (Å²) in [6.45, 7) is 2.18. The van der Waals surface area contributed by atoms with Crippen LogP contribution in [0.15, 0.2) is 24.3 Å². The Hall–Kier alpha value is -0.870. The Kier molecular flexibility index (Phi) is 7.01. The van der Waals surface area contributed by atoms with E-state index in [1.54, 1.807) is 12.1 Å². The second-order valence-electron chi connectivity index (χ2n) is 3.28. The van der Waals surface area contributed by atoms with E-state index in [1.807, 2.05) is 12.1 Å². The van der Waals surface area contributed by atoms with Gasteiger partial charge in [-0.05, 0) is 30.5 Å². The van der Waals surface area contributed by atoms with Gasteiger partial charge in [-0.1, -0.05) is 25.5 Å². The molecule has 1 rings (SSSR count). The Morgan fingerprint density at radius 1 is 1.12 bits per heavy atom. The molecule has 0 fully saturated rings. The third kappa shape index (κ3) is 11.2. The largest absolute Gasteiger partial charge is 0.508 e. The molecule has 0 atom stereocenters. The zero-order valence-corrected chi connectivity index (χ0v) is 9.97. The van der Waals surface area contributed by atoms with Gasteiger partial charge in [0.05, 0.1) is 0 Å². The molecule has 0 saturated heterocycles.